The zero-order valence-electron chi connectivity index (χ0n) is 25.1. The summed E-state index contributed by atoms with van der Waals surface area (Å²) in [7, 11) is 6.18. The number of nitrogens with zero attached hydrogens (tertiary/aromatic N) is 1. The van der Waals surface area contributed by atoms with Crippen molar-refractivity contribution in [3.63, 3.8) is 0 Å². The van der Waals surface area contributed by atoms with E-state index >= 15 is 0 Å². The second-order valence-electron chi connectivity index (χ2n) is 10.7. The lowest BCUT2D eigenvalue weighted by Crippen LogP contribution is -2.47. The number of methoxy groups -OCH3 is 4. The molecular formula is C34H39N3O6. The number of rotatable bonds is 11. The molecule has 1 aliphatic rings. The number of hydrogen-bond acceptors (Lipinski definition) is 6. The molecule has 226 valence electrons. The molecule has 0 aliphatic heterocycles. The second-order valence-corrected chi connectivity index (χ2v) is 10.7. The van der Waals surface area contributed by atoms with Gasteiger partial charge < -0.3 is 29.2 Å². The van der Waals surface area contributed by atoms with Crippen LogP contribution in [0, 0.1) is 0 Å². The van der Waals surface area contributed by atoms with E-state index in [0.717, 1.165) is 48.6 Å². The predicted molar refractivity (Wildman–Crippen MR) is 166 cm³/mol. The number of aromatic amines is 1. The summed E-state index contributed by atoms with van der Waals surface area (Å²) < 4.78 is 22.2. The summed E-state index contributed by atoms with van der Waals surface area (Å²) in [6, 6.07) is 17.5. The molecule has 1 fully saturated rings. The van der Waals surface area contributed by atoms with Crippen LogP contribution in [0.4, 0.5) is 5.69 Å². The third-order valence-corrected chi connectivity index (χ3v) is 8.10. The lowest BCUT2D eigenvalue weighted by Gasteiger charge is -2.34. The molecule has 5 rings (SSSR count). The number of anilines is 1. The van der Waals surface area contributed by atoms with E-state index in [2.05, 4.69) is 10.3 Å². The molecule has 0 radical (unpaired) electrons. The van der Waals surface area contributed by atoms with Crippen LogP contribution in [0.1, 0.15) is 49.3 Å². The summed E-state index contributed by atoms with van der Waals surface area (Å²) in [4.78, 5) is 33.7. The van der Waals surface area contributed by atoms with Crippen molar-refractivity contribution in [1.82, 2.24) is 10.3 Å². The molecule has 1 aromatic heterocycles. The number of fused-ring (bicyclic) bond motifs is 1. The Labute approximate surface area is 252 Å². The SMILES string of the molecule is COc1ccc(N(C(=O)Cc2c[nH]c3ccccc23)[C@H](C(=O)NC2CCCCC2)c2cc(OC)c(OC)c(OC)c2)cc1. The van der Waals surface area contributed by atoms with E-state index < -0.39 is 6.04 Å². The van der Waals surface area contributed by atoms with Crippen molar-refractivity contribution in [2.24, 2.45) is 0 Å². The Morgan fingerprint density at radius 3 is 2.19 bits per heavy atom. The predicted octanol–water partition coefficient (Wildman–Crippen LogP) is 5.97. The Morgan fingerprint density at radius 1 is 0.884 bits per heavy atom. The van der Waals surface area contributed by atoms with E-state index in [-0.39, 0.29) is 24.3 Å². The summed E-state index contributed by atoms with van der Waals surface area (Å²) in [5.41, 5.74) is 2.88. The van der Waals surface area contributed by atoms with Gasteiger partial charge >= 0.3 is 0 Å². The lowest BCUT2D eigenvalue weighted by molar-refractivity contribution is -0.127. The maximum absolute atomic E-state index is 14.5. The van der Waals surface area contributed by atoms with Crippen molar-refractivity contribution in [3.8, 4) is 23.0 Å². The largest absolute Gasteiger partial charge is 0.497 e. The van der Waals surface area contributed by atoms with Gasteiger partial charge in [-0.2, -0.15) is 0 Å². The van der Waals surface area contributed by atoms with E-state index in [1.807, 2.05) is 30.5 Å². The van der Waals surface area contributed by atoms with Gasteiger partial charge in [-0.05, 0) is 66.4 Å². The highest BCUT2D eigenvalue weighted by Gasteiger charge is 2.36. The normalized spacial score (nSPS) is 14.1. The van der Waals surface area contributed by atoms with Crippen molar-refractivity contribution in [2.45, 2.75) is 50.6 Å². The smallest absolute Gasteiger partial charge is 0.248 e. The van der Waals surface area contributed by atoms with Gasteiger partial charge in [0.1, 0.15) is 11.8 Å². The highest BCUT2D eigenvalue weighted by atomic mass is 16.5. The van der Waals surface area contributed by atoms with Gasteiger partial charge in [-0.15, -0.1) is 0 Å². The van der Waals surface area contributed by atoms with Crippen LogP contribution < -0.4 is 29.2 Å². The first-order chi connectivity index (χ1) is 21.0. The first kappa shape index (κ1) is 29.8. The average Bonchev–Trinajstić information content (AvgIpc) is 3.45. The molecule has 0 unspecified atom stereocenters. The number of carbonyl (C=O) groups excluding carboxylic acids is 2. The van der Waals surface area contributed by atoms with Gasteiger partial charge in [0, 0.05) is 28.8 Å². The second kappa shape index (κ2) is 13.5. The maximum atomic E-state index is 14.5. The third-order valence-electron chi connectivity index (χ3n) is 8.10. The summed E-state index contributed by atoms with van der Waals surface area (Å²) in [6.07, 6.45) is 7.00. The van der Waals surface area contributed by atoms with Crippen LogP contribution >= 0.6 is 0 Å². The molecule has 4 aromatic rings. The van der Waals surface area contributed by atoms with Crippen LogP contribution in [0.3, 0.4) is 0 Å². The molecule has 9 nitrogen and oxygen atoms in total. The first-order valence-electron chi connectivity index (χ1n) is 14.6. The van der Waals surface area contributed by atoms with Gasteiger partial charge in [0.25, 0.3) is 0 Å². The Hall–Kier alpha value is -4.66. The highest BCUT2D eigenvalue weighted by molar-refractivity contribution is 6.03. The maximum Gasteiger partial charge on any atom is 0.248 e. The van der Waals surface area contributed by atoms with Gasteiger partial charge in [0.15, 0.2) is 11.5 Å². The molecule has 1 atom stereocenters. The molecule has 43 heavy (non-hydrogen) atoms. The zero-order valence-corrected chi connectivity index (χ0v) is 25.1. The number of amides is 2. The quantitative estimate of drug-likeness (QED) is 0.225. The number of ether oxygens (including phenoxy) is 4. The van der Waals surface area contributed by atoms with Gasteiger partial charge in [-0.1, -0.05) is 37.5 Å². The van der Waals surface area contributed by atoms with Crippen molar-refractivity contribution in [3.05, 3.63) is 78.0 Å². The molecule has 1 heterocycles. The van der Waals surface area contributed by atoms with Crippen molar-refractivity contribution in [1.29, 1.82) is 0 Å². The number of para-hydroxylation sites is 1. The van der Waals surface area contributed by atoms with E-state index in [9.17, 15) is 9.59 Å². The van der Waals surface area contributed by atoms with Crippen LogP contribution in [0.15, 0.2) is 66.9 Å². The minimum Gasteiger partial charge on any atom is -0.497 e. The fraction of sp³-hybridized carbons (Fsp3) is 0.353. The number of nitrogens with one attached hydrogen (secondary N) is 2. The Bertz CT molecular complexity index is 1530. The van der Waals surface area contributed by atoms with Crippen LogP contribution in [-0.2, 0) is 16.0 Å². The van der Waals surface area contributed by atoms with Crippen molar-refractivity contribution >= 4 is 28.4 Å². The minimum atomic E-state index is -1.03. The Kier molecular flexibility index (Phi) is 9.39. The molecular weight excluding hydrogens is 546 g/mol. The van der Waals surface area contributed by atoms with Crippen LogP contribution in [-0.4, -0.2) is 51.3 Å². The Morgan fingerprint density at radius 2 is 1.56 bits per heavy atom. The van der Waals surface area contributed by atoms with E-state index in [1.165, 1.54) is 21.3 Å². The number of hydrogen-bond donors (Lipinski definition) is 2. The number of aromatic nitrogens is 1. The minimum absolute atomic E-state index is 0.0345. The van der Waals surface area contributed by atoms with Crippen LogP contribution in [0.5, 0.6) is 23.0 Å². The van der Waals surface area contributed by atoms with E-state index in [4.69, 9.17) is 18.9 Å². The molecule has 0 spiro atoms. The molecule has 9 heteroatoms. The molecule has 1 aliphatic carbocycles. The number of carbonyl (C=O) groups is 2. The molecule has 0 saturated heterocycles. The summed E-state index contributed by atoms with van der Waals surface area (Å²) in [5, 5.41) is 4.22. The molecule has 2 amide bonds. The highest BCUT2D eigenvalue weighted by Crippen LogP contribution is 2.42. The van der Waals surface area contributed by atoms with Gasteiger partial charge in [-0.3, -0.25) is 14.5 Å². The van der Waals surface area contributed by atoms with E-state index in [0.29, 0.717) is 34.2 Å². The standard InChI is InChI=1S/C34H39N3O6/c1-40-26-16-14-25(15-17-26)37(31(38)20-23-21-35-28-13-9-8-12-27(23)28)32(34(39)36-24-10-6-5-7-11-24)22-18-29(41-2)33(43-4)30(19-22)42-3/h8-9,12-19,21,24,32,35H,5-7,10-11,20H2,1-4H3,(H,36,39)/t32-/m0/s1. The van der Waals surface area contributed by atoms with Crippen LogP contribution in [0.25, 0.3) is 10.9 Å². The summed E-state index contributed by atoms with van der Waals surface area (Å²) >= 11 is 0. The fourth-order valence-electron chi connectivity index (χ4n) is 5.91. The number of H-pyrrole nitrogens is 1. The van der Waals surface area contributed by atoms with Gasteiger partial charge in [0.2, 0.25) is 17.6 Å². The van der Waals surface area contributed by atoms with Crippen LogP contribution in [0.2, 0.25) is 0 Å². The topological polar surface area (TPSA) is 102 Å². The third kappa shape index (κ3) is 6.40. The molecule has 2 N–H and O–H groups in total. The Balaban J connectivity index is 1.64. The zero-order chi connectivity index (χ0) is 30.3. The molecule has 0 bridgehead atoms. The van der Waals surface area contributed by atoms with Gasteiger partial charge in [-0.25, -0.2) is 0 Å². The lowest BCUT2D eigenvalue weighted by atomic mass is 9.94. The number of benzene rings is 3. The van der Waals surface area contributed by atoms with E-state index in [1.54, 1.807) is 48.4 Å². The first-order valence-corrected chi connectivity index (χ1v) is 14.6. The average molecular weight is 586 g/mol. The summed E-state index contributed by atoms with van der Waals surface area (Å²) in [6.45, 7) is 0. The van der Waals surface area contributed by atoms with Gasteiger partial charge in [0.05, 0.1) is 34.9 Å². The summed E-state index contributed by atoms with van der Waals surface area (Å²) in [5.74, 6) is 1.32. The monoisotopic (exact) mass is 585 g/mol. The fourth-order valence-corrected chi connectivity index (χ4v) is 5.91. The van der Waals surface area contributed by atoms with Crippen molar-refractivity contribution in [2.75, 3.05) is 33.3 Å². The molecule has 3 aromatic carbocycles. The van der Waals surface area contributed by atoms with Crippen molar-refractivity contribution < 1.29 is 28.5 Å². The molecule has 1 saturated carbocycles.